The molecule has 0 aliphatic rings. The first-order valence-electron chi connectivity index (χ1n) is 17.7. The summed E-state index contributed by atoms with van der Waals surface area (Å²) in [7, 11) is 0. The van der Waals surface area contributed by atoms with Crippen molar-refractivity contribution in [3.05, 3.63) is 88.6 Å². The zero-order valence-corrected chi connectivity index (χ0v) is 35.6. The minimum absolute atomic E-state index is 0. The number of ketones is 1. The Labute approximate surface area is 320 Å². The van der Waals surface area contributed by atoms with Crippen LogP contribution in [-0.2, 0) is 30.3 Å². The first-order chi connectivity index (χ1) is 23.1. The topological polar surface area (TPSA) is 50.2 Å². The second kappa shape index (κ2) is 15.4. The summed E-state index contributed by atoms with van der Waals surface area (Å²) in [6, 6.07) is 21.4. The maximum absolute atomic E-state index is 12.2. The van der Waals surface area contributed by atoms with E-state index in [2.05, 4.69) is 89.2 Å². The number of fused-ring (bicyclic) bond motifs is 6. The molecule has 0 spiro atoms. The number of hydrogen-bond donors (Lipinski definition) is 1. The van der Waals surface area contributed by atoms with E-state index in [0.29, 0.717) is 0 Å². The van der Waals surface area contributed by atoms with Crippen LogP contribution in [0.2, 0.25) is 0 Å². The van der Waals surface area contributed by atoms with E-state index in [1.807, 2.05) is 70.4 Å². The number of aromatic nitrogens is 1. The van der Waals surface area contributed by atoms with E-state index in [-0.39, 0.29) is 47.9 Å². The summed E-state index contributed by atoms with van der Waals surface area (Å²) >= 11 is 3.77. The van der Waals surface area contributed by atoms with E-state index >= 15 is 0 Å². The molecule has 0 saturated heterocycles. The van der Waals surface area contributed by atoms with Crippen LogP contribution in [0.3, 0.4) is 0 Å². The van der Waals surface area contributed by atoms with E-state index in [1.54, 1.807) is 0 Å². The molecule has 1 N–H and O–H groups in total. The Kier molecular flexibility index (Phi) is 12.3. The van der Waals surface area contributed by atoms with Gasteiger partial charge in [-0.25, -0.2) is 0 Å². The first kappa shape index (κ1) is 39.9. The van der Waals surface area contributed by atoms with Crippen molar-refractivity contribution in [1.82, 2.24) is 4.98 Å². The molecular formula is C44H52IrNO2S2-. The molecule has 0 unspecified atom stereocenters. The SMILES string of the molecule is CCC(C)(CC)C(=O)/C=C(\O)C(C)(CC)CC.Cc1sc2c(ccc3sc4c(-c5[c-]c6ccccc6c(C(C)(C)C)c5)nccc4c32)c1C.[Ir]. The Morgan fingerprint density at radius 3 is 2.08 bits per heavy atom. The van der Waals surface area contributed by atoms with Crippen LogP contribution < -0.4 is 0 Å². The van der Waals surface area contributed by atoms with Crippen LogP contribution in [0.15, 0.2) is 66.6 Å². The van der Waals surface area contributed by atoms with Crippen molar-refractivity contribution < 1.29 is 30.0 Å². The number of carbonyl (C=O) groups excluding carboxylic acids is 1. The van der Waals surface area contributed by atoms with Crippen LogP contribution in [-0.4, -0.2) is 15.9 Å². The van der Waals surface area contributed by atoms with Gasteiger partial charge in [0.1, 0.15) is 5.76 Å². The van der Waals surface area contributed by atoms with Gasteiger partial charge < -0.3 is 5.11 Å². The number of hydrogen-bond acceptors (Lipinski definition) is 5. The smallest absolute Gasteiger partial charge is 0.164 e. The molecule has 3 nitrogen and oxygen atoms in total. The third-order valence-electron chi connectivity index (χ3n) is 11.1. The second-order valence-corrected chi connectivity index (χ2v) is 17.3. The quantitative estimate of drug-likeness (QED) is 0.0941. The molecular weight excluding hydrogens is 831 g/mol. The fourth-order valence-electron chi connectivity index (χ4n) is 6.44. The van der Waals surface area contributed by atoms with E-state index in [0.717, 1.165) is 42.3 Å². The molecule has 0 saturated carbocycles. The largest absolute Gasteiger partial charge is 0.512 e. The summed E-state index contributed by atoms with van der Waals surface area (Å²) in [4.78, 5) is 18.5. The minimum atomic E-state index is -0.337. The molecule has 6 heteroatoms. The number of rotatable bonds is 8. The summed E-state index contributed by atoms with van der Waals surface area (Å²) in [6.45, 7) is 23.4. The van der Waals surface area contributed by atoms with Crippen LogP contribution in [0.4, 0.5) is 0 Å². The van der Waals surface area contributed by atoms with Crippen LogP contribution in [0.5, 0.6) is 0 Å². The molecule has 0 aliphatic carbocycles. The number of aliphatic hydroxyl groups excluding tert-OH is 1. The molecule has 3 aromatic carbocycles. The molecule has 0 fully saturated rings. The molecule has 0 bridgehead atoms. The number of thiophene rings is 2. The third kappa shape index (κ3) is 7.37. The Balaban J connectivity index is 0.000000269. The van der Waals surface area contributed by atoms with E-state index < -0.39 is 0 Å². The normalized spacial score (nSPS) is 12.7. The average molecular weight is 883 g/mol. The molecule has 3 heterocycles. The Hall–Kier alpha value is -2.89. The van der Waals surface area contributed by atoms with Gasteiger partial charge in [-0.2, -0.15) is 0 Å². The van der Waals surface area contributed by atoms with Crippen molar-refractivity contribution in [3.63, 3.8) is 0 Å². The average Bonchev–Trinajstić information content (AvgIpc) is 3.62. The van der Waals surface area contributed by atoms with Crippen molar-refractivity contribution in [3.8, 4) is 11.3 Å². The number of nitrogens with zero attached hydrogens (tertiary/aromatic N) is 1. The van der Waals surface area contributed by atoms with E-state index in [9.17, 15) is 9.90 Å². The summed E-state index contributed by atoms with van der Waals surface area (Å²) < 4.78 is 3.99. The molecule has 0 atom stereocenters. The summed E-state index contributed by atoms with van der Waals surface area (Å²) in [5, 5.41) is 16.6. The van der Waals surface area contributed by atoms with Crippen molar-refractivity contribution in [2.75, 3.05) is 0 Å². The van der Waals surface area contributed by atoms with E-state index in [1.165, 1.54) is 57.7 Å². The van der Waals surface area contributed by atoms with Crippen LogP contribution in [0.25, 0.3) is 52.3 Å². The fourth-order valence-corrected chi connectivity index (χ4v) is 8.93. The van der Waals surface area contributed by atoms with Gasteiger partial charge in [0.2, 0.25) is 0 Å². The number of carbonyl (C=O) groups is 1. The molecule has 3 aromatic heterocycles. The Bertz CT molecular complexity index is 2190. The number of aliphatic hydroxyl groups is 1. The molecule has 6 rings (SSSR count). The van der Waals surface area contributed by atoms with Crippen LogP contribution in [0, 0.1) is 30.7 Å². The van der Waals surface area contributed by atoms with Gasteiger partial charge in [-0.3, -0.25) is 9.78 Å². The van der Waals surface area contributed by atoms with Gasteiger partial charge >= 0.3 is 0 Å². The number of allylic oxidation sites excluding steroid dienone is 2. The van der Waals surface area contributed by atoms with Crippen molar-refractivity contribution in [1.29, 1.82) is 0 Å². The van der Waals surface area contributed by atoms with E-state index in [4.69, 9.17) is 4.98 Å². The monoisotopic (exact) mass is 883 g/mol. The minimum Gasteiger partial charge on any atom is -0.512 e. The van der Waals surface area contributed by atoms with Gasteiger partial charge in [0.15, 0.2) is 5.78 Å². The predicted octanol–water partition coefficient (Wildman–Crippen LogP) is 13.8. The van der Waals surface area contributed by atoms with Gasteiger partial charge in [-0.15, -0.1) is 51.8 Å². The molecule has 0 amide bonds. The molecule has 0 aliphatic heterocycles. The fraction of sp³-hybridized carbons (Fsp3) is 0.409. The number of aryl methyl sites for hydroxylation is 2. The number of benzene rings is 3. The summed E-state index contributed by atoms with van der Waals surface area (Å²) in [5.41, 5.74) is 4.30. The van der Waals surface area contributed by atoms with Crippen molar-refractivity contribution in [2.45, 2.75) is 107 Å². The second-order valence-electron chi connectivity index (χ2n) is 15.1. The summed E-state index contributed by atoms with van der Waals surface area (Å²) in [5.74, 6) is 0.286. The third-order valence-corrected chi connectivity index (χ3v) is 13.6. The molecule has 1 radical (unpaired) electrons. The zero-order chi connectivity index (χ0) is 35.9. The predicted molar refractivity (Wildman–Crippen MR) is 216 cm³/mol. The maximum atomic E-state index is 12.2. The standard InChI is InChI=1S/C29H24NS2.C15H28O2.Ir/c1-16-17(2)31-27-20(16)10-11-24-25(27)22-12-13-30-26(28(22)32-24)19-14-18-8-6-7-9-21(18)23(15-19)29(3,4)5;1-7-14(5,8-2)12(16)11-13(17)15(6,9-3)10-4;/h6-13,15H,1-5H3;11,16H,7-10H2,1-6H3;/q-1;;/b;12-11-;. The number of pyridine rings is 1. The summed E-state index contributed by atoms with van der Waals surface area (Å²) in [6.07, 6.45) is 6.72. The maximum Gasteiger partial charge on any atom is 0.164 e. The van der Waals surface area contributed by atoms with Gasteiger partial charge in [0.25, 0.3) is 0 Å². The van der Waals surface area contributed by atoms with Crippen molar-refractivity contribution >= 4 is 69.5 Å². The van der Waals surface area contributed by atoms with Gasteiger partial charge in [-0.05, 0) is 73.4 Å². The van der Waals surface area contributed by atoms with Crippen LogP contribution >= 0.6 is 22.7 Å². The Morgan fingerprint density at radius 1 is 0.820 bits per heavy atom. The Morgan fingerprint density at radius 2 is 1.46 bits per heavy atom. The molecule has 50 heavy (non-hydrogen) atoms. The molecule has 267 valence electrons. The first-order valence-corrected chi connectivity index (χ1v) is 19.4. The van der Waals surface area contributed by atoms with Gasteiger partial charge in [0.05, 0.1) is 0 Å². The van der Waals surface area contributed by atoms with Gasteiger partial charge in [0, 0.05) is 73.3 Å². The zero-order valence-electron chi connectivity index (χ0n) is 31.6. The van der Waals surface area contributed by atoms with Crippen LogP contribution in [0.1, 0.15) is 104 Å². The van der Waals surface area contributed by atoms with Gasteiger partial charge in [-0.1, -0.05) is 97.5 Å². The molecule has 6 aromatic rings. The van der Waals surface area contributed by atoms with Crippen molar-refractivity contribution in [2.24, 2.45) is 10.8 Å².